The average Bonchev–Trinajstić information content (AvgIpc) is 3.22. The third kappa shape index (κ3) is 6.82. The topological polar surface area (TPSA) is 72.1 Å². The van der Waals surface area contributed by atoms with Crippen LogP contribution in [-0.4, -0.2) is 32.5 Å². The third-order valence-electron chi connectivity index (χ3n) is 4.87. The molecule has 0 radical (unpaired) electrons. The van der Waals surface area contributed by atoms with Gasteiger partial charge >= 0.3 is 0 Å². The van der Waals surface area contributed by atoms with Crippen molar-refractivity contribution in [3.63, 3.8) is 0 Å². The van der Waals surface area contributed by atoms with E-state index in [1.165, 1.54) is 5.56 Å². The number of pyridine rings is 1. The number of aromatic nitrogens is 3. The Hall–Kier alpha value is -3.02. The molecule has 0 aliphatic carbocycles. The minimum Gasteiger partial charge on any atom is -0.425 e. The minimum absolute atomic E-state index is 0.0897. The van der Waals surface area contributed by atoms with Gasteiger partial charge in [-0.25, -0.2) is 0 Å². The lowest BCUT2D eigenvalue weighted by molar-refractivity contribution is -0.131. The van der Waals surface area contributed by atoms with E-state index in [1.807, 2.05) is 30.0 Å². The van der Waals surface area contributed by atoms with Gasteiger partial charge in [0.25, 0.3) is 0 Å². The first-order valence-corrected chi connectivity index (χ1v) is 10.3. The monoisotopic (exact) mass is 392 g/mol. The van der Waals surface area contributed by atoms with E-state index in [0.717, 1.165) is 31.2 Å². The first kappa shape index (κ1) is 20.7. The third-order valence-corrected chi connectivity index (χ3v) is 4.87. The number of benzene rings is 1. The van der Waals surface area contributed by atoms with Gasteiger partial charge in [-0.15, -0.1) is 10.2 Å². The average molecular weight is 393 g/mol. The second-order valence-electron chi connectivity index (χ2n) is 7.05. The molecule has 6 heteroatoms. The molecule has 1 aromatic carbocycles. The lowest BCUT2D eigenvalue weighted by Gasteiger charge is -2.20. The van der Waals surface area contributed by atoms with Gasteiger partial charge in [0.05, 0.1) is 0 Å². The van der Waals surface area contributed by atoms with E-state index in [2.05, 4.69) is 39.4 Å². The van der Waals surface area contributed by atoms with Gasteiger partial charge in [-0.1, -0.05) is 30.3 Å². The maximum absolute atomic E-state index is 12.5. The van der Waals surface area contributed by atoms with E-state index in [0.29, 0.717) is 37.7 Å². The Kier molecular flexibility index (Phi) is 7.92. The van der Waals surface area contributed by atoms with Crippen LogP contribution in [0.4, 0.5) is 0 Å². The van der Waals surface area contributed by atoms with Gasteiger partial charge < -0.3 is 9.32 Å². The van der Waals surface area contributed by atoms with Gasteiger partial charge in [0.2, 0.25) is 17.7 Å². The van der Waals surface area contributed by atoms with E-state index in [-0.39, 0.29) is 5.91 Å². The first-order chi connectivity index (χ1) is 14.2. The second-order valence-corrected chi connectivity index (χ2v) is 7.05. The van der Waals surface area contributed by atoms with Crippen molar-refractivity contribution in [2.45, 2.75) is 52.0 Å². The standard InChI is InChI=1S/C23H28N4O2/c1-2-27(18-20-14-16-24-17-15-20)23(28)13-12-22-26-25-21(29-22)11-7-6-10-19-8-4-3-5-9-19/h3-5,8-9,14-17H,2,6-7,10-13,18H2,1H3. The van der Waals surface area contributed by atoms with Crippen LogP contribution < -0.4 is 0 Å². The predicted molar refractivity (Wildman–Crippen MR) is 111 cm³/mol. The van der Waals surface area contributed by atoms with E-state index < -0.39 is 0 Å². The van der Waals surface area contributed by atoms with Gasteiger partial charge in [0.1, 0.15) is 0 Å². The Bertz CT molecular complexity index is 865. The summed E-state index contributed by atoms with van der Waals surface area (Å²) >= 11 is 0. The van der Waals surface area contributed by atoms with E-state index in [4.69, 9.17) is 4.42 Å². The van der Waals surface area contributed by atoms with Crippen molar-refractivity contribution in [1.82, 2.24) is 20.1 Å². The van der Waals surface area contributed by atoms with Crippen molar-refractivity contribution in [1.29, 1.82) is 0 Å². The quantitative estimate of drug-likeness (QED) is 0.461. The molecule has 0 spiro atoms. The van der Waals surface area contributed by atoms with Crippen LogP contribution in [0.1, 0.15) is 49.1 Å². The summed E-state index contributed by atoms with van der Waals surface area (Å²) in [7, 11) is 0. The summed E-state index contributed by atoms with van der Waals surface area (Å²) < 4.78 is 5.72. The summed E-state index contributed by atoms with van der Waals surface area (Å²) in [5.74, 6) is 1.29. The predicted octanol–water partition coefficient (Wildman–Crippen LogP) is 4.01. The number of carbonyl (C=O) groups is 1. The van der Waals surface area contributed by atoms with Crippen molar-refractivity contribution in [3.05, 3.63) is 77.8 Å². The summed E-state index contributed by atoms with van der Waals surface area (Å²) in [6, 6.07) is 14.3. The molecule has 0 unspecified atom stereocenters. The molecule has 0 fully saturated rings. The van der Waals surface area contributed by atoms with Gasteiger partial charge in [-0.3, -0.25) is 9.78 Å². The molecular formula is C23H28N4O2. The maximum Gasteiger partial charge on any atom is 0.223 e. The molecule has 0 saturated heterocycles. The Morgan fingerprint density at radius 1 is 0.897 bits per heavy atom. The Morgan fingerprint density at radius 3 is 2.31 bits per heavy atom. The molecule has 0 atom stereocenters. The van der Waals surface area contributed by atoms with Crippen LogP contribution in [0, 0.1) is 0 Å². The summed E-state index contributed by atoms with van der Waals surface area (Å²) in [4.78, 5) is 18.4. The highest BCUT2D eigenvalue weighted by atomic mass is 16.4. The minimum atomic E-state index is 0.0897. The highest BCUT2D eigenvalue weighted by molar-refractivity contribution is 5.76. The molecule has 152 valence electrons. The number of aryl methyl sites for hydroxylation is 3. The molecule has 3 aromatic rings. The van der Waals surface area contributed by atoms with Crippen molar-refractivity contribution in [2.24, 2.45) is 0 Å². The van der Waals surface area contributed by atoms with E-state index in [9.17, 15) is 4.79 Å². The zero-order chi connectivity index (χ0) is 20.3. The molecule has 6 nitrogen and oxygen atoms in total. The second kappa shape index (κ2) is 11.1. The van der Waals surface area contributed by atoms with Crippen molar-refractivity contribution >= 4 is 5.91 Å². The smallest absolute Gasteiger partial charge is 0.223 e. The highest BCUT2D eigenvalue weighted by Gasteiger charge is 2.14. The van der Waals surface area contributed by atoms with Crippen LogP contribution in [0.3, 0.4) is 0 Å². The SMILES string of the molecule is CCN(Cc1ccncc1)C(=O)CCc1nnc(CCCCc2ccccc2)o1. The van der Waals surface area contributed by atoms with Crippen molar-refractivity contribution in [3.8, 4) is 0 Å². The lowest BCUT2D eigenvalue weighted by Crippen LogP contribution is -2.30. The van der Waals surface area contributed by atoms with Crippen molar-refractivity contribution in [2.75, 3.05) is 6.54 Å². The van der Waals surface area contributed by atoms with Crippen molar-refractivity contribution < 1.29 is 9.21 Å². The normalized spacial score (nSPS) is 10.8. The number of hydrogen-bond donors (Lipinski definition) is 0. The zero-order valence-electron chi connectivity index (χ0n) is 17.0. The molecular weight excluding hydrogens is 364 g/mol. The molecule has 2 aromatic heterocycles. The Labute approximate surface area is 172 Å². The van der Waals surface area contributed by atoms with Gasteiger partial charge in [0.15, 0.2) is 0 Å². The summed E-state index contributed by atoms with van der Waals surface area (Å²) in [6.45, 7) is 3.24. The van der Waals surface area contributed by atoms with Crippen LogP contribution in [0.15, 0.2) is 59.3 Å². The molecule has 0 aliphatic rings. The molecule has 1 amide bonds. The molecule has 2 heterocycles. The number of nitrogens with zero attached hydrogens (tertiary/aromatic N) is 4. The molecule has 3 rings (SSSR count). The highest BCUT2D eigenvalue weighted by Crippen LogP contribution is 2.11. The largest absolute Gasteiger partial charge is 0.425 e. The fourth-order valence-corrected chi connectivity index (χ4v) is 3.20. The number of carbonyl (C=O) groups excluding carboxylic acids is 1. The first-order valence-electron chi connectivity index (χ1n) is 10.3. The van der Waals surface area contributed by atoms with E-state index in [1.54, 1.807) is 12.4 Å². The van der Waals surface area contributed by atoms with Crippen LogP contribution in [0.2, 0.25) is 0 Å². The van der Waals surface area contributed by atoms with Crippen LogP contribution in [-0.2, 0) is 30.6 Å². The number of rotatable bonds is 11. The molecule has 29 heavy (non-hydrogen) atoms. The lowest BCUT2D eigenvalue weighted by atomic mass is 10.1. The van der Waals surface area contributed by atoms with Crippen LogP contribution in [0.25, 0.3) is 0 Å². The van der Waals surface area contributed by atoms with Crippen LogP contribution >= 0.6 is 0 Å². The van der Waals surface area contributed by atoms with Gasteiger partial charge in [0, 0.05) is 44.7 Å². The van der Waals surface area contributed by atoms with Gasteiger partial charge in [-0.2, -0.15) is 0 Å². The Balaban J connectivity index is 1.39. The van der Waals surface area contributed by atoms with Crippen LogP contribution in [0.5, 0.6) is 0 Å². The number of unbranched alkanes of at least 4 members (excludes halogenated alkanes) is 1. The summed E-state index contributed by atoms with van der Waals surface area (Å²) in [6.07, 6.45) is 8.25. The zero-order valence-corrected chi connectivity index (χ0v) is 17.0. The summed E-state index contributed by atoms with van der Waals surface area (Å²) in [5, 5.41) is 8.22. The maximum atomic E-state index is 12.5. The molecule has 0 aliphatic heterocycles. The van der Waals surface area contributed by atoms with E-state index >= 15 is 0 Å². The molecule has 0 saturated carbocycles. The molecule has 0 N–H and O–H groups in total. The Morgan fingerprint density at radius 2 is 1.59 bits per heavy atom. The fraction of sp³-hybridized carbons (Fsp3) is 0.391. The summed E-state index contributed by atoms with van der Waals surface area (Å²) in [5.41, 5.74) is 2.43. The number of amides is 1. The molecule has 0 bridgehead atoms. The fourth-order valence-electron chi connectivity index (χ4n) is 3.20. The van der Waals surface area contributed by atoms with Gasteiger partial charge in [-0.05, 0) is 49.4 Å². The number of hydrogen-bond acceptors (Lipinski definition) is 5.